The van der Waals surface area contributed by atoms with E-state index in [9.17, 15) is 0 Å². The molecule has 1 fully saturated rings. The molecule has 1 aromatic heterocycles. The quantitative estimate of drug-likeness (QED) is 0.662. The van der Waals surface area contributed by atoms with Gasteiger partial charge in [0, 0.05) is 48.2 Å². The second-order valence-corrected chi connectivity index (χ2v) is 7.80. The van der Waals surface area contributed by atoms with Crippen LogP contribution in [0, 0.1) is 0 Å². The number of nitrogens with zero attached hydrogens (tertiary/aromatic N) is 2. The molecule has 0 unspecified atom stereocenters. The van der Waals surface area contributed by atoms with Crippen LogP contribution in [0.4, 0.5) is 0 Å². The summed E-state index contributed by atoms with van der Waals surface area (Å²) in [7, 11) is 3.51. The fraction of sp³-hybridized carbons (Fsp3) is 0.417. The van der Waals surface area contributed by atoms with Crippen LogP contribution in [0.15, 0.2) is 36.4 Å². The van der Waals surface area contributed by atoms with E-state index in [0.717, 1.165) is 63.7 Å². The molecule has 0 saturated carbocycles. The van der Waals surface area contributed by atoms with E-state index >= 15 is 0 Å². The zero-order valence-electron chi connectivity index (χ0n) is 17.2. The minimum absolute atomic E-state index is 0.835. The number of aryl methyl sites for hydroxylation is 1. The van der Waals surface area contributed by atoms with Crippen molar-refractivity contribution in [3.63, 3.8) is 0 Å². The fourth-order valence-electron chi connectivity index (χ4n) is 4.88. The Bertz CT molecular complexity index is 1030. The Morgan fingerprint density at radius 3 is 2.55 bits per heavy atom. The standard InChI is InChI=1S/C24H28N2O3/c1-27-17-6-9-22-21(16-17)20-8-7-18-19(4-3-5-23(18)28-2)24(20)26(22)11-10-25-12-14-29-15-13-25/h3-6,9,16H,7-8,10-15H2,1-2H3. The van der Waals surface area contributed by atoms with Gasteiger partial charge in [-0.15, -0.1) is 0 Å². The van der Waals surface area contributed by atoms with Gasteiger partial charge in [-0.2, -0.15) is 0 Å². The molecule has 2 heterocycles. The first-order valence-electron chi connectivity index (χ1n) is 10.5. The lowest BCUT2D eigenvalue weighted by molar-refractivity contribution is 0.0366. The van der Waals surface area contributed by atoms with Crippen molar-refractivity contribution in [1.29, 1.82) is 0 Å². The van der Waals surface area contributed by atoms with Crippen LogP contribution in [0.2, 0.25) is 0 Å². The van der Waals surface area contributed by atoms with Crippen molar-refractivity contribution in [2.45, 2.75) is 19.4 Å². The number of methoxy groups -OCH3 is 2. The molecule has 2 aliphatic rings. The first kappa shape index (κ1) is 18.5. The highest BCUT2D eigenvalue weighted by molar-refractivity contribution is 5.94. The smallest absolute Gasteiger partial charge is 0.122 e. The van der Waals surface area contributed by atoms with Crippen molar-refractivity contribution in [3.8, 4) is 22.8 Å². The molecule has 1 aliphatic carbocycles. The summed E-state index contributed by atoms with van der Waals surface area (Å²) in [6.45, 7) is 5.70. The van der Waals surface area contributed by atoms with Crippen LogP contribution < -0.4 is 9.47 Å². The largest absolute Gasteiger partial charge is 0.497 e. The average molecular weight is 392 g/mol. The lowest BCUT2D eigenvalue weighted by Crippen LogP contribution is -2.38. The van der Waals surface area contributed by atoms with E-state index in [4.69, 9.17) is 14.2 Å². The zero-order chi connectivity index (χ0) is 19.8. The number of hydrogen-bond donors (Lipinski definition) is 0. The number of fused-ring (bicyclic) bond motifs is 5. The number of hydrogen-bond acceptors (Lipinski definition) is 4. The van der Waals surface area contributed by atoms with E-state index in [2.05, 4.69) is 45.9 Å². The predicted octanol–water partition coefficient (Wildman–Crippen LogP) is 3.76. The van der Waals surface area contributed by atoms with Gasteiger partial charge in [-0.05, 0) is 42.7 Å². The highest BCUT2D eigenvalue weighted by atomic mass is 16.5. The van der Waals surface area contributed by atoms with Crippen molar-refractivity contribution in [3.05, 3.63) is 47.5 Å². The van der Waals surface area contributed by atoms with Crippen LogP contribution in [-0.4, -0.2) is 56.5 Å². The molecule has 0 bridgehead atoms. The van der Waals surface area contributed by atoms with E-state index in [1.54, 1.807) is 14.2 Å². The normalized spacial score (nSPS) is 16.5. The molecule has 3 aromatic rings. The molecular formula is C24H28N2O3. The maximum Gasteiger partial charge on any atom is 0.122 e. The second-order valence-electron chi connectivity index (χ2n) is 7.80. The number of ether oxygens (including phenoxy) is 3. The molecule has 2 aromatic carbocycles. The Balaban J connectivity index is 1.64. The van der Waals surface area contributed by atoms with Crippen LogP contribution in [0.25, 0.3) is 22.2 Å². The Morgan fingerprint density at radius 2 is 1.76 bits per heavy atom. The summed E-state index contributed by atoms with van der Waals surface area (Å²) in [6, 6.07) is 12.9. The Kier molecular flexibility index (Phi) is 4.94. The molecular weight excluding hydrogens is 364 g/mol. The molecule has 5 rings (SSSR count). The molecule has 152 valence electrons. The molecule has 5 heteroatoms. The van der Waals surface area contributed by atoms with Crippen LogP contribution >= 0.6 is 0 Å². The summed E-state index contributed by atoms with van der Waals surface area (Å²) < 4.78 is 19.2. The SMILES string of the molecule is COc1ccc2c(c1)c1c(n2CCN2CCOCC2)-c2cccc(OC)c2CC1. The van der Waals surface area contributed by atoms with E-state index in [1.807, 2.05) is 0 Å². The van der Waals surface area contributed by atoms with Gasteiger partial charge in [0.2, 0.25) is 0 Å². The summed E-state index contributed by atoms with van der Waals surface area (Å²) in [4.78, 5) is 2.50. The topological polar surface area (TPSA) is 35.9 Å². The molecule has 0 radical (unpaired) electrons. The third kappa shape index (κ3) is 3.18. The van der Waals surface area contributed by atoms with Crippen molar-refractivity contribution >= 4 is 10.9 Å². The number of rotatable bonds is 5. The molecule has 29 heavy (non-hydrogen) atoms. The van der Waals surface area contributed by atoms with Gasteiger partial charge >= 0.3 is 0 Å². The molecule has 0 spiro atoms. The first-order chi connectivity index (χ1) is 14.3. The number of morpholine rings is 1. The van der Waals surface area contributed by atoms with E-state index in [0.29, 0.717) is 0 Å². The lowest BCUT2D eigenvalue weighted by atomic mass is 9.88. The van der Waals surface area contributed by atoms with Gasteiger partial charge in [-0.25, -0.2) is 0 Å². The van der Waals surface area contributed by atoms with Crippen molar-refractivity contribution < 1.29 is 14.2 Å². The maximum absolute atomic E-state index is 5.68. The van der Waals surface area contributed by atoms with Gasteiger partial charge < -0.3 is 18.8 Å². The first-order valence-corrected chi connectivity index (χ1v) is 10.5. The maximum atomic E-state index is 5.68. The Morgan fingerprint density at radius 1 is 0.931 bits per heavy atom. The molecule has 0 N–H and O–H groups in total. The number of benzene rings is 2. The lowest BCUT2D eigenvalue weighted by Gasteiger charge is -2.28. The molecule has 0 atom stereocenters. The highest BCUT2D eigenvalue weighted by Crippen LogP contribution is 2.43. The van der Waals surface area contributed by atoms with Crippen molar-refractivity contribution in [1.82, 2.24) is 9.47 Å². The summed E-state index contributed by atoms with van der Waals surface area (Å²) >= 11 is 0. The predicted molar refractivity (Wildman–Crippen MR) is 115 cm³/mol. The monoisotopic (exact) mass is 392 g/mol. The third-order valence-electron chi connectivity index (χ3n) is 6.35. The van der Waals surface area contributed by atoms with Crippen molar-refractivity contribution in [2.24, 2.45) is 0 Å². The number of aromatic nitrogens is 1. The highest BCUT2D eigenvalue weighted by Gasteiger charge is 2.26. The molecule has 5 nitrogen and oxygen atoms in total. The van der Waals surface area contributed by atoms with Crippen LogP contribution in [-0.2, 0) is 24.1 Å². The van der Waals surface area contributed by atoms with Crippen LogP contribution in [0.3, 0.4) is 0 Å². The summed E-state index contributed by atoms with van der Waals surface area (Å²) in [5.41, 5.74) is 6.70. The second kappa shape index (κ2) is 7.73. The van der Waals surface area contributed by atoms with Gasteiger partial charge in [0.05, 0.1) is 33.1 Å². The minimum Gasteiger partial charge on any atom is -0.497 e. The zero-order valence-corrected chi connectivity index (χ0v) is 17.2. The van der Waals surface area contributed by atoms with Gasteiger partial charge in [0.15, 0.2) is 0 Å². The summed E-state index contributed by atoms with van der Waals surface area (Å²) in [5.74, 6) is 1.91. The van der Waals surface area contributed by atoms with Crippen molar-refractivity contribution in [2.75, 3.05) is 47.1 Å². The minimum atomic E-state index is 0.835. The third-order valence-corrected chi connectivity index (χ3v) is 6.35. The van der Waals surface area contributed by atoms with Crippen LogP contribution in [0.1, 0.15) is 11.1 Å². The van der Waals surface area contributed by atoms with Gasteiger partial charge in [0.1, 0.15) is 11.5 Å². The Labute approximate surface area is 171 Å². The fourth-order valence-corrected chi connectivity index (χ4v) is 4.88. The van der Waals surface area contributed by atoms with E-state index in [1.165, 1.54) is 33.3 Å². The summed E-state index contributed by atoms with van der Waals surface area (Å²) in [5, 5.41) is 1.31. The Hall–Kier alpha value is -2.50. The summed E-state index contributed by atoms with van der Waals surface area (Å²) in [6.07, 6.45) is 2.03. The molecule has 1 aliphatic heterocycles. The average Bonchev–Trinajstić information content (AvgIpc) is 3.11. The molecule has 1 saturated heterocycles. The van der Waals surface area contributed by atoms with Gasteiger partial charge in [-0.3, -0.25) is 4.90 Å². The van der Waals surface area contributed by atoms with Gasteiger partial charge in [-0.1, -0.05) is 12.1 Å². The van der Waals surface area contributed by atoms with Crippen LogP contribution in [0.5, 0.6) is 11.5 Å². The van der Waals surface area contributed by atoms with Gasteiger partial charge in [0.25, 0.3) is 0 Å². The van der Waals surface area contributed by atoms with E-state index < -0.39 is 0 Å². The van der Waals surface area contributed by atoms with E-state index in [-0.39, 0.29) is 0 Å². The molecule has 0 amide bonds.